The Morgan fingerprint density at radius 2 is 1.47 bits per heavy atom. The van der Waals surface area contributed by atoms with Crippen molar-refractivity contribution in [1.82, 2.24) is 10.0 Å². The summed E-state index contributed by atoms with van der Waals surface area (Å²) in [4.78, 5) is 15.5. The molecule has 0 bridgehead atoms. The quantitative estimate of drug-likeness (QED) is 0.0825. The standard InChI is InChI=1S/C36H44F2N3O6PS/c1-5-46-48(43,47-6-2)36(37,38)29-23-21-28(22-24-29)26-32(35(42)39-25-11-10-16-27-14-8-7-9-15-27)40-49(44,45)34-20-13-17-30-31(34)18-12-19-33(30)41(3)4/h7-9,12-15,17-24,32,40H,5-6,10-11,16,25-26H2,1-4H3,(H,39,42)/t32-/m0/s1. The zero-order valence-electron chi connectivity index (χ0n) is 28.2. The number of rotatable bonds is 18. The molecule has 0 heterocycles. The molecule has 9 nitrogen and oxygen atoms in total. The van der Waals surface area contributed by atoms with Gasteiger partial charge in [0.15, 0.2) is 0 Å². The van der Waals surface area contributed by atoms with Gasteiger partial charge in [0.1, 0.15) is 6.04 Å². The molecule has 0 aromatic heterocycles. The molecule has 264 valence electrons. The number of anilines is 1. The maximum Gasteiger partial charge on any atom is 0.404 e. The van der Waals surface area contributed by atoms with Crippen LogP contribution in [0.4, 0.5) is 14.5 Å². The van der Waals surface area contributed by atoms with Crippen LogP contribution in [0.5, 0.6) is 0 Å². The molecule has 49 heavy (non-hydrogen) atoms. The molecule has 4 aromatic carbocycles. The number of sulfonamides is 1. The molecule has 1 atom stereocenters. The van der Waals surface area contributed by atoms with E-state index in [-0.39, 0.29) is 24.5 Å². The number of nitrogens with zero attached hydrogens (tertiary/aromatic N) is 1. The van der Waals surface area contributed by atoms with E-state index in [1.807, 2.05) is 61.5 Å². The van der Waals surface area contributed by atoms with Gasteiger partial charge < -0.3 is 19.3 Å². The number of nitrogens with one attached hydrogen (secondary N) is 2. The fourth-order valence-corrected chi connectivity index (χ4v) is 8.50. The van der Waals surface area contributed by atoms with Crippen molar-refractivity contribution in [2.45, 2.75) is 56.1 Å². The fraction of sp³-hybridized carbons (Fsp3) is 0.361. The molecule has 1 amide bonds. The highest BCUT2D eigenvalue weighted by molar-refractivity contribution is 7.89. The van der Waals surface area contributed by atoms with Crippen LogP contribution in [0, 0.1) is 0 Å². The van der Waals surface area contributed by atoms with Crippen LogP contribution in [0.3, 0.4) is 0 Å². The Morgan fingerprint density at radius 3 is 2.10 bits per heavy atom. The van der Waals surface area contributed by atoms with Gasteiger partial charge in [0.05, 0.1) is 18.1 Å². The summed E-state index contributed by atoms with van der Waals surface area (Å²) in [7, 11) is -5.35. The minimum absolute atomic E-state index is 0.00644. The first-order chi connectivity index (χ1) is 23.3. The minimum Gasteiger partial charge on any atom is -0.377 e. The van der Waals surface area contributed by atoms with Gasteiger partial charge in [-0.15, -0.1) is 0 Å². The van der Waals surface area contributed by atoms with Gasteiger partial charge in [-0.3, -0.25) is 9.36 Å². The van der Waals surface area contributed by atoms with Gasteiger partial charge in [0.2, 0.25) is 15.9 Å². The maximum atomic E-state index is 15.4. The number of unbranched alkanes of at least 4 members (excludes halogenated alkanes) is 1. The lowest BCUT2D eigenvalue weighted by Gasteiger charge is -2.26. The topological polar surface area (TPSA) is 114 Å². The Labute approximate surface area is 287 Å². The summed E-state index contributed by atoms with van der Waals surface area (Å²) < 4.78 is 83.9. The highest BCUT2D eigenvalue weighted by Crippen LogP contribution is 2.66. The van der Waals surface area contributed by atoms with Crippen LogP contribution in [0.2, 0.25) is 0 Å². The predicted molar refractivity (Wildman–Crippen MR) is 190 cm³/mol. The van der Waals surface area contributed by atoms with Crippen LogP contribution in [0.1, 0.15) is 43.4 Å². The van der Waals surface area contributed by atoms with E-state index in [9.17, 15) is 17.8 Å². The summed E-state index contributed by atoms with van der Waals surface area (Å²) >= 11 is 0. The van der Waals surface area contributed by atoms with Crippen molar-refractivity contribution in [3.8, 4) is 0 Å². The smallest absolute Gasteiger partial charge is 0.377 e. The highest BCUT2D eigenvalue weighted by Gasteiger charge is 2.54. The van der Waals surface area contributed by atoms with Gasteiger partial charge in [0, 0.05) is 42.7 Å². The van der Waals surface area contributed by atoms with Gasteiger partial charge in [-0.25, -0.2) is 8.42 Å². The largest absolute Gasteiger partial charge is 0.404 e. The number of alkyl halides is 2. The molecule has 0 aliphatic carbocycles. The Hall–Kier alpha value is -3.67. The van der Waals surface area contributed by atoms with Crippen LogP contribution < -0.4 is 14.9 Å². The fourth-order valence-electron chi connectivity index (χ4n) is 5.54. The molecule has 13 heteroatoms. The van der Waals surface area contributed by atoms with Crippen LogP contribution in [0.15, 0.2) is 95.9 Å². The van der Waals surface area contributed by atoms with Gasteiger partial charge in [-0.05, 0) is 62.8 Å². The summed E-state index contributed by atoms with van der Waals surface area (Å²) in [6.07, 6.45) is 2.18. The van der Waals surface area contributed by atoms with E-state index in [1.54, 1.807) is 18.2 Å². The summed E-state index contributed by atoms with van der Waals surface area (Å²) in [5.41, 5.74) is -2.11. The molecule has 0 spiro atoms. The second-order valence-electron chi connectivity index (χ2n) is 11.7. The van der Waals surface area contributed by atoms with Crippen molar-refractivity contribution in [1.29, 1.82) is 0 Å². The van der Waals surface area contributed by atoms with Crippen molar-refractivity contribution in [2.24, 2.45) is 0 Å². The summed E-state index contributed by atoms with van der Waals surface area (Å²) in [6, 6.07) is 23.9. The number of aryl methyl sites for hydroxylation is 1. The first-order valence-electron chi connectivity index (χ1n) is 16.2. The molecule has 0 aliphatic heterocycles. The van der Waals surface area contributed by atoms with Crippen LogP contribution in [0.25, 0.3) is 10.8 Å². The van der Waals surface area contributed by atoms with Gasteiger partial charge in [-0.2, -0.15) is 13.5 Å². The first kappa shape index (κ1) is 38.1. The SMILES string of the molecule is CCOP(=O)(OCC)C(F)(F)c1ccc(C[C@H](NS(=O)(=O)c2cccc3c(N(C)C)cccc23)C(=O)NCCCCc2ccccc2)cc1. The van der Waals surface area contributed by atoms with Crippen molar-refractivity contribution in [3.05, 3.63) is 108 Å². The van der Waals surface area contributed by atoms with E-state index < -0.39 is 40.8 Å². The molecule has 0 radical (unpaired) electrons. The molecule has 0 aliphatic rings. The molecule has 4 rings (SSSR count). The summed E-state index contributed by atoms with van der Waals surface area (Å²) in [6.45, 7) is 2.74. The summed E-state index contributed by atoms with van der Waals surface area (Å²) in [5.74, 6) is -0.552. The second-order valence-corrected chi connectivity index (χ2v) is 15.5. The maximum absolute atomic E-state index is 15.4. The summed E-state index contributed by atoms with van der Waals surface area (Å²) in [5, 5.41) is 4.06. The molecule has 2 N–H and O–H groups in total. The lowest BCUT2D eigenvalue weighted by Crippen LogP contribution is -2.48. The van der Waals surface area contributed by atoms with Crippen LogP contribution in [-0.2, 0) is 46.9 Å². The Kier molecular flexibility index (Phi) is 13.1. The number of hydrogen-bond acceptors (Lipinski definition) is 7. The number of benzene rings is 4. The van der Waals surface area contributed by atoms with E-state index in [0.717, 1.165) is 36.0 Å². The van der Waals surface area contributed by atoms with E-state index in [0.29, 0.717) is 23.9 Å². The molecular formula is C36H44F2N3O6PS. The average Bonchev–Trinajstić information content (AvgIpc) is 3.08. The number of fused-ring (bicyclic) bond motifs is 1. The molecule has 0 saturated heterocycles. The normalized spacial score (nSPS) is 12.9. The third kappa shape index (κ3) is 9.32. The Bertz CT molecular complexity index is 1850. The third-order valence-electron chi connectivity index (χ3n) is 7.96. The van der Waals surface area contributed by atoms with Crippen LogP contribution in [-0.4, -0.2) is 54.2 Å². The van der Waals surface area contributed by atoms with E-state index >= 15 is 8.78 Å². The predicted octanol–water partition coefficient (Wildman–Crippen LogP) is 7.25. The highest BCUT2D eigenvalue weighted by atomic mass is 32.2. The van der Waals surface area contributed by atoms with Gasteiger partial charge in [-0.1, -0.05) is 78.9 Å². The third-order valence-corrected chi connectivity index (χ3v) is 11.6. The second kappa shape index (κ2) is 16.8. The van der Waals surface area contributed by atoms with Gasteiger partial charge in [0.25, 0.3) is 0 Å². The lowest BCUT2D eigenvalue weighted by molar-refractivity contribution is -0.122. The molecule has 0 unspecified atom stereocenters. The van der Waals surface area contributed by atoms with E-state index in [2.05, 4.69) is 10.0 Å². The lowest BCUT2D eigenvalue weighted by atomic mass is 10.0. The van der Waals surface area contributed by atoms with Crippen LogP contribution >= 0.6 is 7.60 Å². The molecule has 4 aromatic rings. The van der Waals surface area contributed by atoms with Gasteiger partial charge >= 0.3 is 13.3 Å². The number of halogens is 2. The first-order valence-corrected chi connectivity index (χ1v) is 19.2. The number of amides is 1. The number of carbonyl (C=O) groups is 1. The molecule has 0 saturated carbocycles. The monoisotopic (exact) mass is 715 g/mol. The number of hydrogen-bond donors (Lipinski definition) is 2. The Morgan fingerprint density at radius 1 is 0.837 bits per heavy atom. The molecular weight excluding hydrogens is 671 g/mol. The zero-order chi connectivity index (χ0) is 35.7. The minimum atomic E-state index is -4.83. The van der Waals surface area contributed by atoms with Crippen molar-refractivity contribution >= 4 is 40.0 Å². The average molecular weight is 716 g/mol. The van der Waals surface area contributed by atoms with Crippen molar-refractivity contribution in [3.63, 3.8) is 0 Å². The van der Waals surface area contributed by atoms with E-state index in [1.165, 1.54) is 37.6 Å². The zero-order valence-corrected chi connectivity index (χ0v) is 29.9. The van der Waals surface area contributed by atoms with E-state index in [4.69, 9.17) is 9.05 Å². The van der Waals surface area contributed by atoms with Crippen molar-refractivity contribution < 1.29 is 35.6 Å². The molecule has 0 fully saturated rings. The number of carbonyl (C=O) groups excluding carboxylic acids is 1. The Balaban J connectivity index is 1.58. The van der Waals surface area contributed by atoms with Crippen molar-refractivity contribution in [2.75, 3.05) is 38.8 Å².